The summed E-state index contributed by atoms with van der Waals surface area (Å²) in [5, 5.41) is 35.1. The first-order valence-electron chi connectivity index (χ1n) is 24.0. The van der Waals surface area contributed by atoms with Gasteiger partial charge < -0.3 is 64.1 Å². The molecule has 6 aliphatic rings. The van der Waals surface area contributed by atoms with Gasteiger partial charge in [-0.2, -0.15) is 0 Å². The lowest BCUT2D eigenvalue weighted by Gasteiger charge is -2.27. The number of carbonyl (C=O) groups is 5. The number of ketones is 1. The molecule has 0 radical (unpaired) electrons. The van der Waals surface area contributed by atoms with Crippen molar-refractivity contribution in [2.24, 2.45) is 17.3 Å². The zero-order valence-corrected chi connectivity index (χ0v) is 43.7. The Kier molecular flexibility index (Phi) is 49.7. The van der Waals surface area contributed by atoms with E-state index in [2.05, 4.69) is 64.2 Å². The lowest BCUT2D eigenvalue weighted by atomic mass is 9.85. The van der Waals surface area contributed by atoms with E-state index in [0.29, 0.717) is 51.6 Å². The molecule has 0 aromatic rings. The molecule has 6 rings (SSSR count). The van der Waals surface area contributed by atoms with E-state index in [1.807, 2.05) is 27.7 Å². The van der Waals surface area contributed by atoms with Crippen LogP contribution in [0, 0.1) is 17.3 Å². The van der Waals surface area contributed by atoms with Crippen LogP contribution in [0.2, 0.25) is 0 Å². The standard InChI is InChI=1S/C7H12O2.C7H12O.C5H11NO.C5H11N.C5H8O3.C5H8O2.C4H9NO.C4H10O2.C3H9NO.C3H8O/c1-7(2)3-4-9-6(8)5-7;1-6-2-4-7(8)5-3-6;1-6-2-4-7-5-3-6;1-6-4-2-3-5-6;1-2-4-3-7-5(6)8-4;1-4-2-3-7-5(4)6;1-4(6)5(2)3;1-2-4(6)3-5;1-4-2-3-5;1-2-3-4/h3-5H2,1-2H3;6H,2-5H2,1H3;2-5H2,1H3;2-5H2,1H3;4H,2-3H2,1H3;4H,2-3H2,1H3;1-3H3;4-6H,2-3H2,1H3;4-5H,2-3H2,1H3;4H,2-3H2,1H3. The van der Waals surface area contributed by atoms with Gasteiger partial charge in [-0.3, -0.25) is 19.2 Å². The van der Waals surface area contributed by atoms with Crippen LogP contribution in [0.5, 0.6) is 0 Å². The van der Waals surface area contributed by atoms with Crippen molar-refractivity contribution in [1.82, 2.24) is 20.0 Å². The van der Waals surface area contributed by atoms with Crippen molar-refractivity contribution < 1.29 is 68.1 Å². The lowest BCUT2D eigenvalue weighted by molar-refractivity contribution is -0.152. The molecule has 5 saturated heterocycles. The van der Waals surface area contributed by atoms with Gasteiger partial charge in [0.05, 0.1) is 58.1 Å². The Bertz CT molecular complexity index is 1150. The first-order chi connectivity index (χ1) is 31.1. The van der Waals surface area contributed by atoms with Crippen molar-refractivity contribution in [3.05, 3.63) is 0 Å². The fourth-order valence-electron chi connectivity index (χ4n) is 4.99. The molecule has 0 aromatic carbocycles. The Hall–Kier alpha value is -2.97. The summed E-state index contributed by atoms with van der Waals surface area (Å²) in [6.07, 6.45) is 10.5. The number of morpholine rings is 1. The Morgan fingerprint density at radius 3 is 1.55 bits per heavy atom. The maximum atomic E-state index is 10.7. The molecule has 5 N–H and O–H groups in total. The zero-order chi connectivity index (χ0) is 51.3. The monoisotopic (exact) mass is 955 g/mol. The molecule has 0 bridgehead atoms. The third-order valence-electron chi connectivity index (χ3n) is 10.3. The molecular formula is C48H98N4O14. The van der Waals surface area contributed by atoms with Gasteiger partial charge in [0.1, 0.15) is 18.5 Å². The minimum Gasteiger partial charge on any atom is -0.466 e. The summed E-state index contributed by atoms with van der Waals surface area (Å²) < 4.78 is 23.6. The molecule has 3 atom stereocenters. The smallest absolute Gasteiger partial charge is 0.466 e. The van der Waals surface area contributed by atoms with Gasteiger partial charge in [0, 0.05) is 60.1 Å². The fourth-order valence-corrected chi connectivity index (χ4v) is 4.99. The minimum atomic E-state index is -0.531. The molecule has 66 heavy (non-hydrogen) atoms. The highest BCUT2D eigenvalue weighted by Crippen LogP contribution is 2.28. The van der Waals surface area contributed by atoms with Crippen LogP contribution in [-0.2, 0) is 42.9 Å². The average Bonchev–Trinajstić information content (AvgIpc) is 4.05. The Morgan fingerprint density at radius 2 is 1.36 bits per heavy atom. The summed E-state index contributed by atoms with van der Waals surface area (Å²) >= 11 is 0. The number of hydrogen-bond donors (Lipinski definition) is 5. The van der Waals surface area contributed by atoms with Gasteiger partial charge in [-0.1, -0.05) is 48.5 Å². The summed E-state index contributed by atoms with van der Waals surface area (Å²) in [6.45, 7) is 25.0. The number of esters is 2. The number of cyclic esters (lactones) is 4. The van der Waals surface area contributed by atoms with Crippen molar-refractivity contribution in [3.8, 4) is 0 Å². The van der Waals surface area contributed by atoms with Crippen molar-refractivity contribution >= 4 is 29.8 Å². The summed E-state index contributed by atoms with van der Waals surface area (Å²) in [5.74, 6) is 1.41. The molecule has 394 valence electrons. The second-order valence-corrected chi connectivity index (χ2v) is 17.7. The lowest BCUT2D eigenvalue weighted by Crippen LogP contribution is -2.32. The van der Waals surface area contributed by atoms with Crippen LogP contribution in [0.3, 0.4) is 0 Å². The number of likely N-dealkylation sites (N-methyl/N-ethyl adjacent to an activating group) is 2. The number of Topliss-reactive ketones (excluding diaryl/α,β-unsaturated/α-hetero) is 1. The Morgan fingerprint density at radius 1 is 0.833 bits per heavy atom. The minimum absolute atomic E-state index is 0.00231. The largest absolute Gasteiger partial charge is 0.508 e. The van der Waals surface area contributed by atoms with E-state index in [1.54, 1.807) is 21.1 Å². The second-order valence-electron chi connectivity index (χ2n) is 17.7. The van der Waals surface area contributed by atoms with Gasteiger partial charge in [0.25, 0.3) is 0 Å². The van der Waals surface area contributed by atoms with E-state index in [0.717, 1.165) is 83.6 Å². The highest BCUT2D eigenvalue weighted by molar-refractivity contribution is 5.79. The molecule has 6 fully saturated rings. The quantitative estimate of drug-likeness (QED) is 0.179. The van der Waals surface area contributed by atoms with Crippen LogP contribution in [0.4, 0.5) is 4.79 Å². The van der Waals surface area contributed by atoms with Gasteiger partial charge in [-0.05, 0) is 103 Å². The van der Waals surface area contributed by atoms with Crippen LogP contribution in [-0.4, -0.2) is 198 Å². The van der Waals surface area contributed by atoms with E-state index in [9.17, 15) is 24.0 Å². The first-order valence-corrected chi connectivity index (χ1v) is 24.0. The fraction of sp³-hybridized carbons (Fsp3) is 0.896. The highest BCUT2D eigenvalue weighted by atomic mass is 16.8. The van der Waals surface area contributed by atoms with E-state index in [-0.39, 0.29) is 48.5 Å². The molecule has 18 heteroatoms. The van der Waals surface area contributed by atoms with E-state index in [4.69, 9.17) is 29.9 Å². The first kappa shape index (κ1) is 69.6. The SMILES string of the molecule is CC(=O)N(C)C.CC1(C)CCOC(=O)C1.CC1CCC(=O)CC1.CC1CCOC1=O.CCC(O)CO.CCC1COC(=O)O1.CCCO.CN1CCCC1.CN1CCOCC1.CNCCO. The van der Waals surface area contributed by atoms with Crippen LogP contribution < -0.4 is 5.32 Å². The van der Waals surface area contributed by atoms with Crippen LogP contribution >= 0.6 is 0 Å². The van der Waals surface area contributed by atoms with Crippen LogP contribution in [0.15, 0.2) is 0 Å². The van der Waals surface area contributed by atoms with Crippen molar-refractivity contribution in [3.63, 3.8) is 0 Å². The van der Waals surface area contributed by atoms with Crippen molar-refractivity contribution in [2.75, 3.05) is 121 Å². The predicted molar refractivity (Wildman–Crippen MR) is 259 cm³/mol. The number of nitrogens with one attached hydrogen (secondary N) is 1. The molecule has 5 aliphatic heterocycles. The van der Waals surface area contributed by atoms with Gasteiger partial charge in [-0.15, -0.1) is 0 Å². The van der Waals surface area contributed by atoms with E-state index >= 15 is 0 Å². The number of aliphatic hydroxyl groups excluding tert-OH is 4. The predicted octanol–water partition coefficient (Wildman–Crippen LogP) is 4.71. The topological polar surface area (TPSA) is 234 Å². The summed E-state index contributed by atoms with van der Waals surface area (Å²) in [5.41, 5.74) is 0.176. The highest BCUT2D eigenvalue weighted by Gasteiger charge is 2.27. The normalized spacial score (nSPS) is 21.0. The second kappa shape index (κ2) is 47.1. The number of likely N-dealkylation sites (tertiary alicyclic amines) is 1. The number of ether oxygens (including phenoxy) is 5. The summed E-state index contributed by atoms with van der Waals surface area (Å²) in [4.78, 5) is 58.0. The maximum Gasteiger partial charge on any atom is 0.508 e. The summed E-state index contributed by atoms with van der Waals surface area (Å²) in [6, 6.07) is 0. The molecular weight excluding hydrogens is 857 g/mol. The van der Waals surface area contributed by atoms with Crippen LogP contribution in [0.1, 0.15) is 132 Å². The van der Waals surface area contributed by atoms with Gasteiger partial charge in [0.2, 0.25) is 5.91 Å². The molecule has 0 spiro atoms. The Balaban J connectivity index is -0.000000326. The molecule has 3 unspecified atom stereocenters. The maximum absolute atomic E-state index is 10.7. The third kappa shape index (κ3) is 50.4. The van der Waals surface area contributed by atoms with Crippen molar-refractivity contribution in [1.29, 1.82) is 0 Å². The van der Waals surface area contributed by atoms with E-state index < -0.39 is 12.3 Å². The third-order valence-corrected chi connectivity index (χ3v) is 10.3. The number of aliphatic hydroxyl groups is 4. The molecule has 1 amide bonds. The Labute approximate surface area is 399 Å². The number of hydrogen-bond acceptors (Lipinski definition) is 17. The molecule has 0 aromatic heterocycles. The summed E-state index contributed by atoms with van der Waals surface area (Å²) in [7, 11) is 9.54. The number of amides is 1. The molecule has 1 aliphatic carbocycles. The molecule has 5 heterocycles. The molecule has 18 nitrogen and oxygen atoms in total. The van der Waals surface area contributed by atoms with Crippen LogP contribution in [0.25, 0.3) is 0 Å². The van der Waals surface area contributed by atoms with Gasteiger partial charge in [0.15, 0.2) is 0 Å². The van der Waals surface area contributed by atoms with Gasteiger partial charge in [-0.25, -0.2) is 4.79 Å². The zero-order valence-electron chi connectivity index (χ0n) is 43.7. The average molecular weight is 955 g/mol. The molecule has 1 saturated carbocycles. The van der Waals surface area contributed by atoms with Crippen molar-refractivity contribution in [2.45, 2.75) is 145 Å². The number of nitrogens with zero attached hydrogens (tertiary/aromatic N) is 3. The van der Waals surface area contributed by atoms with Gasteiger partial charge >= 0.3 is 18.1 Å². The van der Waals surface area contributed by atoms with E-state index in [1.165, 1.54) is 37.8 Å². The number of carbonyl (C=O) groups excluding carboxylic acids is 5. The number of rotatable bonds is 6.